The van der Waals surface area contributed by atoms with Crippen molar-refractivity contribution in [1.82, 2.24) is 0 Å². The largest absolute Gasteiger partial charge is 0.462 e. The molecule has 0 aliphatic heterocycles. The molecule has 0 fully saturated rings. The summed E-state index contributed by atoms with van der Waals surface area (Å²) in [5.74, 6) is -0.337. The molecule has 0 heterocycles. The maximum Gasteiger partial charge on any atom is 0.306 e. The molecule has 0 N–H and O–H groups in total. The number of hydrogen-bond acceptors (Lipinski definition) is 4. The molecule has 0 bridgehead atoms. The first-order valence-corrected chi connectivity index (χ1v) is 7.33. The Balaban J connectivity index is 3.99. The summed E-state index contributed by atoms with van der Waals surface area (Å²) in [6.45, 7) is 9.97. The van der Waals surface area contributed by atoms with Crippen LogP contribution in [0.5, 0.6) is 0 Å². The summed E-state index contributed by atoms with van der Waals surface area (Å²) in [5, 5.41) is 0. The molecule has 0 aliphatic carbocycles. The van der Waals surface area contributed by atoms with Gasteiger partial charge in [-0.25, -0.2) is 0 Å². The van der Waals surface area contributed by atoms with Gasteiger partial charge in [-0.1, -0.05) is 34.6 Å². The zero-order valence-corrected chi connectivity index (χ0v) is 12.9. The van der Waals surface area contributed by atoms with E-state index in [0.29, 0.717) is 5.92 Å². The molecule has 0 radical (unpaired) electrons. The molecule has 1 atom stereocenters. The average molecular weight is 272 g/mol. The van der Waals surface area contributed by atoms with E-state index >= 15 is 0 Å². The highest BCUT2D eigenvalue weighted by molar-refractivity contribution is 5.77. The predicted octanol–water partition coefficient (Wildman–Crippen LogP) is 3.48. The number of rotatable bonds is 9. The van der Waals surface area contributed by atoms with Gasteiger partial charge in [0.2, 0.25) is 0 Å². The van der Waals surface area contributed by atoms with E-state index in [-0.39, 0.29) is 37.0 Å². The molecular weight excluding hydrogens is 244 g/mol. The predicted molar refractivity (Wildman–Crippen MR) is 74.7 cm³/mol. The van der Waals surface area contributed by atoms with E-state index in [9.17, 15) is 9.59 Å². The molecule has 112 valence electrons. The van der Waals surface area contributed by atoms with Crippen LogP contribution in [-0.2, 0) is 19.1 Å². The highest BCUT2D eigenvalue weighted by Crippen LogP contribution is 2.12. The molecule has 4 nitrogen and oxygen atoms in total. The summed E-state index contributed by atoms with van der Waals surface area (Å²) in [7, 11) is 0. The first-order valence-electron chi connectivity index (χ1n) is 7.33. The van der Waals surface area contributed by atoms with Crippen molar-refractivity contribution in [2.45, 2.75) is 78.9 Å². The fourth-order valence-corrected chi connectivity index (χ4v) is 1.82. The third-order valence-corrected chi connectivity index (χ3v) is 3.17. The number of carbonyl (C=O) groups is 2. The van der Waals surface area contributed by atoms with Gasteiger partial charge in [-0.3, -0.25) is 9.59 Å². The van der Waals surface area contributed by atoms with E-state index in [2.05, 4.69) is 0 Å². The van der Waals surface area contributed by atoms with Crippen LogP contribution in [0.25, 0.3) is 0 Å². The van der Waals surface area contributed by atoms with Crippen LogP contribution in [-0.4, -0.2) is 24.1 Å². The summed E-state index contributed by atoms with van der Waals surface area (Å²) in [6.07, 6.45) is 2.49. The molecule has 19 heavy (non-hydrogen) atoms. The second kappa shape index (κ2) is 9.82. The molecule has 0 aromatic heterocycles. The summed E-state index contributed by atoms with van der Waals surface area (Å²) in [4.78, 5) is 23.2. The van der Waals surface area contributed by atoms with Gasteiger partial charge in [0.25, 0.3) is 0 Å². The zero-order valence-electron chi connectivity index (χ0n) is 12.9. The standard InChI is InChI=1S/C15H28O4/c1-6-12(7-2)18-14(16)9-10-15(17)19-13(8-3)11(4)5/h11-13H,6-10H2,1-5H3. The summed E-state index contributed by atoms with van der Waals surface area (Å²) in [6, 6.07) is 0. The van der Waals surface area contributed by atoms with Crippen molar-refractivity contribution in [3.8, 4) is 0 Å². The molecule has 1 unspecified atom stereocenters. The topological polar surface area (TPSA) is 52.6 Å². The first kappa shape index (κ1) is 17.9. The third kappa shape index (κ3) is 7.85. The minimum Gasteiger partial charge on any atom is -0.462 e. The van der Waals surface area contributed by atoms with Crippen molar-refractivity contribution < 1.29 is 19.1 Å². The maximum atomic E-state index is 11.6. The minimum absolute atomic E-state index is 0.0393. The average Bonchev–Trinajstić information content (AvgIpc) is 2.39. The maximum absolute atomic E-state index is 11.6. The smallest absolute Gasteiger partial charge is 0.306 e. The quantitative estimate of drug-likeness (QED) is 0.603. The van der Waals surface area contributed by atoms with Crippen LogP contribution in [0, 0.1) is 5.92 Å². The van der Waals surface area contributed by atoms with Crippen LogP contribution in [0.2, 0.25) is 0 Å². The van der Waals surface area contributed by atoms with E-state index in [0.717, 1.165) is 19.3 Å². The van der Waals surface area contributed by atoms with Crippen LogP contribution in [0.4, 0.5) is 0 Å². The molecule has 0 aromatic rings. The van der Waals surface area contributed by atoms with Gasteiger partial charge in [-0.05, 0) is 25.2 Å². The Morgan fingerprint density at radius 3 is 1.68 bits per heavy atom. The van der Waals surface area contributed by atoms with Gasteiger partial charge in [0.15, 0.2) is 0 Å². The van der Waals surface area contributed by atoms with Gasteiger partial charge in [-0.15, -0.1) is 0 Å². The van der Waals surface area contributed by atoms with Crippen molar-refractivity contribution in [2.24, 2.45) is 5.92 Å². The second-order valence-corrected chi connectivity index (χ2v) is 5.11. The Labute approximate surface area is 116 Å². The van der Waals surface area contributed by atoms with Crippen molar-refractivity contribution in [3.63, 3.8) is 0 Å². The first-order chi connectivity index (χ1) is 8.94. The van der Waals surface area contributed by atoms with E-state index < -0.39 is 0 Å². The lowest BCUT2D eigenvalue weighted by atomic mass is 10.1. The number of carbonyl (C=O) groups excluding carboxylic acids is 2. The SMILES string of the molecule is CCC(CC)OC(=O)CCC(=O)OC(CC)C(C)C. The van der Waals surface area contributed by atoms with Crippen molar-refractivity contribution in [3.05, 3.63) is 0 Å². The van der Waals surface area contributed by atoms with Crippen LogP contribution in [0.1, 0.15) is 66.7 Å². The zero-order chi connectivity index (χ0) is 14.8. The summed E-state index contributed by atoms with van der Waals surface area (Å²) < 4.78 is 10.6. The van der Waals surface area contributed by atoms with E-state index in [1.54, 1.807) is 0 Å². The molecule has 0 amide bonds. The molecule has 0 rings (SSSR count). The number of ether oxygens (including phenoxy) is 2. The van der Waals surface area contributed by atoms with Crippen molar-refractivity contribution >= 4 is 11.9 Å². The Morgan fingerprint density at radius 2 is 1.32 bits per heavy atom. The lowest BCUT2D eigenvalue weighted by Gasteiger charge is -2.19. The molecule has 0 aromatic carbocycles. The Morgan fingerprint density at radius 1 is 0.842 bits per heavy atom. The van der Waals surface area contributed by atoms with Gasteiger partial charge < -0.3 is 9.47 Å². The Bertz CT molecular complexity index is 269. The Hall–Kier alpha value is -1.06. The third-order valence-electron chi connectivity index (χ3n) is 3.17. The van der Waals surface area contributed by atoms with Crippen LogP contribution >= 0.6 is 0 Å². The Kier molecular flexibility index (Phi) is 9.27. The highest BCUT2D eigenvalue weighted by atomic mass is 16.5. The number of hydrogen-bond donors (Lipinski definition) is 0. The molecule has 0 saturated heterocycles. The van der Waals surface area contributed by atoms with Crippen LogP contribution in [0.3, 0.4) is 0 Å². The molecule has 4 heteroatoms. The van der Waals surface area contributed by atoms with Gasteiger partial charge in [0.05, 0.1) is 12.8 Å². The molecule has 0 aliphatic rings. The van der Waals surface area contributed by atoms with Crippen molar-refractivity contribution in [1.29, 1.82) is 0 Å². The summed E-state index contributed by atoms with van der Waals surface area (Å²) in [5.41, 5.74) is 0. The number of esters is 2. The molecule has 0 saturated carbocycles. The molecule has 0 spiro atoms. The second-order valence-electron chi connectivity index (χ2n) is 5.11. The molecular formula is C15H28O4. The van der Waals surface area contributed by atoms with Crippen LogP contribution in [0.15, 0.2) is 0 Å². The van der Waals surface area contributed by atoms with E-state index in [1.165, 1.54) is 0 Å². The summed E-state index contributed by atoms with van der Waals surface area (Å²) >= 11 is 0. The van der Waals surface area contributed by atoms with Crippen molar-refractivity contribution in [2.75, 3.05) is 0 Å². The normalized spacial score (nSPS) is 12.6. The lowest BCUT2D eigenvalue weighted by molar-refractivity contribution is -0.157. The fraction of sp³-hybridized carbons (Fsp3) is 0.867. The monoisotopic (exact) mass is 272 g/mol. The van der Waals surface area contributed by atoms with E-state index in [1.807, 2.05) is 34.6 Å². The minimum atomic E-state index is -0.318. The van der Waals surface area contributed by atoms with Crippen LogP contribution < -0.4 is 0 Å². The fourth-order valence-electron chi connectivity index (χ4n) is 1.82. The van der Waals surface area contributed by atoms with Gasteiger partial charge in [0, 0.05) is 0 Å². The van der Waals surface area contributed by atoms with E-state index in [4.69, 9.17) is 9.47 Å². The van der Waals surface area contributed by atoms with Gasteiger partial charge in [-0.2, -0.15) is 0 Å². The lowest BCUT2D eigenvalue weighted by Crippen LogP contribution is -2.24. The highest BCUT2D eigenvalue weighted by Gasteiger charge is 2.18. The van der Waals surface area contributed by atoms with Gasteiger partial charge in [0.1, 0.15) is 12.2 Å². The van der Waals surface area contributed by atoms with Gasteiger partial charge >= 0.3 is 11.9 Å².